The molecule has 3 N–H and O–H groups in total. The van der Waals surface area contributed by atoms with Crippen molar-refractivity contribution in [2.75, 3.05) is 13.1 Å². The zero-order valence-electron chi connectivity index (χ0n) is 10.9. The fourth-order valence-corrected chi connectivity index (χ4v) is 2.47. The van der Waals surface area contributed by atoms with Gasteiger partial charge in [-0.1, -0.05) is 6.92 Å². The Morgan fingerprint density at radius 3 is 2.62 bits per heavy atom. The highest BCUT2D eigenvalue weighted by molar-refractivity contribution is 5.81. The minimum Gasteiger partial charge on any atom is -0.300 e. The summed E-state index contributed by atoms with van der Waals surface area (Å²) >= 11 is 0. The average Bonchev–Trinajstić information content (AvgIpc) is 2.21. The van der Waals surface area contributed by atoms with Gasteiger partial charge in [-0.05, 0) is 46.1 Å². The first-order valence-electron chi connectivity index (χ1n) is 6.12. The van der Waals surface area contributed by atoms with Crippen LogP contribution in [0.5, 0.6) is 0 Å². The molecule has 94 valence electrons. The molecule has 0 aromatic carbocycles. The Balaban J connectivity index is 2.56. The van der Waals surface area contributed by atoms with Gasteiger partial charge in [-0.2, -0.15) is 0 Å². The maximum Gasteiger partial charge on any atom is 0.240 e. The van der Waals surface area contributed by atoms with Gasteiger partial charge in [0.1, 0.15) is 0 Å². The first kappa shape index (κ1) is 13.5. The summed E-state index contributed by atoms with van der Waals surface area (Å²) in [5.41, 5.74) is 1.84. The molecule has 0 saturated carbocycles. The highest BCUT2D eigenvalue weighted by atomic mass is 16.2. The molecule has 16 heavy (non-hydrogen) atoms. The van der Waals surface area contributed by atoms with Crippen LogP contribution in [0.25, 0.3) is 0 Å². The summed E-state index contributed by atoms with van der Waals surface area (Å²) in [6.07, 6.45) is 2.45. The third kappa shape index (κ3) is 3.19. The second kappa shape index (κ2) is 5.15. The van der Waals surface area contributed by atoms with Crippen LogP contribution in [0, 0.1) is 11.3 Å². The van der Waals surface area contributed by atoms with E-state index in [9.17, 15) is 4.79 Å². The Hall–Kier alpha value is -0.610. The van der Waals surface area contributed by atoms with E-state index < -0.39 is 5.41 Å². The summed E-state index contributed by atoms with van der Waals surface area (Å²) in [6.45, 7) is 10.3. The van der Waals surface area contributed by atoms with Gasteiger partial charge < -0.3 is 0 Å². The molecular weight excluding hydrogens is 202 g/mol. The molecule has 0 aliphatic carbocycles. The molecule has 2 unspecified atom stereocenters. The van der Waals surface area contributed by atoms with E-state index in [1.54, 1.807) is 0 Å². The highest BCUT2D eigenvalue weighted by Gasteiger charge is 2.33. The molecule has 1 fully saturated rings. The number of hydrogen-bond acceptors (Lipinski definition) is 3. The SMILES string of the molecule is CC1CCN(CC(C)(C)C(=O)NN)C(C)C1. The van der Waals surface area contributed by atoms with Gasteiger partial charge in [0, 0.05) is 12.6 Å². The first-order chi connectivity index (χ1) is 7.36. The van der Waals surface area contributed by atoms with Gasteiger partial charge in [0.05, 0.1) is 5.41 Å². The molecule has 1 amide bonds. The number of likely N-dealkylation sites (tertiary alicyclic amines) is 1. The number of carbonyl (C=O) groups excluding carboxylic acids is 1. The van der Waals surface area contributed by atoms with Crippen LogP contribution in [0.15, 0.2) is 0 Å². The van der Waals surface area contributed by atoms with Gasteiger partial charge in [-0.15, -0.1) is 0 Å². The number of hydrogen-bond donors (Lipinski definition) is 2. The lowest BCUT2D eigenvalue weighted by Gasteiger charge is -2.40. The van der Waals surface area contributed by atoms with Crippen LogP contribution in [0.1, 0.15) is 40.5 Å². The third-order valence-electron chi connectivity index (χ3n) is 3.62. The number of piperidine rings is 1. The molecule has 2 atom stereocenters. The Labute approximate surface area is 98.5 Å². The monoisotopic (exact) mass is 227 g/mol. The zero-order valence-corrected chi connectivity index (χ0v) is 10.9. The smallest absolute Gasteiger partial charge is 0.240 e. The average molecular weight is 227 g/mol. The van der Waals surface area contributed by atoms with Crippen LogP contribution in [0.4, 0.5) is 0 Å². The molecule has 1 heterocycles. The fourth-order valence-electron chi connectivity index (χ4n) is 2.47. The van der Waals surface area contributed by atoms with E-state index in [0.717, 1.165) is 19.0 Å². The van der Waals surface area contributed by atoms with Gasteiger partial charge in [-0.3, -0.25) is 15.1 Å². The summed E-state index contributed by atoms with van der Waals surface area (Å²) in [7, 11) is 0. The number of carbonyl (C=O) groups is 1. The Morgan fingerprint density at radius 2 is 2.12 bits per heavy atom. The fraction of sp³-hybridized carbons (Fsp3) is 0.917. The molecule has 1 aliphatic rings. The topological polar surface area (TPSA) is 58.4 Å². The van der Waals surface area contributed by atoms with Gasteiger partial charge in [0.15, 0.2) is 0 Å². The second-order valence-electron chi connectivity index (χ2n) is 5.81. The van der Waals surface area contributed by atoms with Crippen molar-refractivity contribution in [3.8, 4) is 0 Å². The number of nitrogens with zero attached hydrogens (tertiary/aromatic N) is 1. The van der Waals surface area contributed by atoms with Crippen LogP contribution in [-0.4, -0.2) is 29.9 Å². The van der Waals surface area contributed by atoms with Crippen molar-refractivity contribution in [2.24, 2.45) is 17.2 Å². The maximum atomic E-state index is 11.6. The quantitative estimate of drug-likeness (QED) is 0.431. The van der Waals surface area contributed by atoms with Crippen molar-refractivity contribution in [3.63, 3.8) is 0 Å². The molecule has 0 aromatic heterocycles. The molecule has 0 spiro atoms. The predicted octanol–water partition coefficient (Wildman–Crippen LogP) is 1.12. The molecule has 4 nitrogen and oxygen atoms in total. The van der Waals surface area contributed by atoms with Crippen LogP contribution in [0.2, 0.25) is 0 Å². The number of nitrogens with one attached hydrogen (secondary N) is 1. The standard InChI is InChI=1S/C12H25N3O/c1-9-5-6-15(10(2)7-9)8-12(3,4)11(16)14-13/h9-10H,5-8,13H2,1-4H3,(H,14,16). The van der Waals surface area contributed by atoms with Crippen LogP contribution in [-0.2, 0) is 4.79 Å². The van der Waals surface area contributed by atoms with E-state index in [1.165, 1.54) is 12.8 Å². The summed E-state index contributed by atoms with van der Waals surface area (Å²) in [5.74, 6) is 5.92. The van der Waals surface area contributed by atoms with Crippen molar-refractivity contribution in [1.82, 2.24) is 10.3 Å². The van der Waals surface area contributed by atoms with E-state index >= 15 is 0 Å². The molecular formula is C12H25N3O. The van der Waals surface area contributed by atoms with E-state index in [0.29, 0.717) is 6.04 Å². The Morgan fingerprint density at radius 1 is 1.50 bits per heavy atom. The Kier molecular flexibility index (Phi) is 4.33. The van der Waals surface area contributed by atoms with Crippen LogP contribution >= 0.6 is 0 Å². The van der Waals surface area contributed by atoms with Crippen molar-refractivity contribution in [3.05, 3.63) is 0 Å². The number of amides is 1. The summed E-state index contributed by atoms with van der Waals surface area (Å²) in [6, 6.07) is 0.564. The van der Waals surface area contributed by atoms with E-state index in [-0.39, 0.29) is 5.91 Å². The third-order valence-corrected chi connectivity index (χ3v) is 3.62. The predicted molar refractivity (Wildman–Crippen MR) is 65.5 cm³/mol. The highest BCUT2D eigenvalue weighted by Crippen LogP contribution is 2.26. The molecule has 0 bridgehead atoms. The van der Waals surface area contributed by atoms with Crippen molar-refractivity contribution in [1.29, 1.82) is 0 Å². The summed E-state index contributed by atoms with van der Waals surface area (Å²) in [5, 5.41) is 0. The lowest BCUT2D eigenvalue weighted by molar-refractivity contribution is -0.131. The number of rotatable bonds is 3. The number of nitrogens with two attached hydrogens (primary N) is 1. The minimum atomic E-state index is -0.413. The minimum absolute atomic E-state index is 0.0849. The first-order valence-corrected chi connectivity index (χ1v) is 6.12. The molecule has 0 aromatic rings. The molecule has 1 aliphatic heterocycles. The zero-order chi connectivity index (χ0) is 12.3. The van der Waals surface area contributed by atoms with Crippen molar-refractivity contribution >= 4 is 5.91 Å². The Bertz CT molecular complexity index is 253. The van der Waals surface area contributed by atoms with Gasteiger partial charge in [0.2, 0.25) is 5.91 Å². The van der Waals surface area contributed by atoms with E-state index in [2.05, 4.69) is 24.2 Å². The lowest BCUT2D eigenvalue weighted by Crippen LogP contribution is -2.51. The molecule has 4 heteroatoms. The van der Waals surface area contributed by atoms with Crippen molar-refractivity contribution < 1.29 is 4.79 Å². The van der Waals surface area contributed by atoms with Gasteiger partial charge in [-0.25, -0.2) is 5.84 Å². The van der Waals surface area contributed by atoms with Gasteiger partial charge in [0.25, 0.3) is 0 Å². The van der Waals surface area contributed by atoms with Crippen LogP contribution in [0.3, 0.4) is 0 Å². The van der Waals surface area contributed by atoms with E-state index in [4.69, 9.17) is 5.84 Å². The molecule has 0 radical (unpaired) electrons. The van der Waals surface area contributed by atoms with Crippen LogP contribution < -0.4 is 11.3 Å². The maximum absolute atomic E-state index is 11.6. The normalized spacial score (nSPS) is 27.8. The van der Waals surface area contributed by atoms with Crippen molar-refractivity contribution in [2.45, 2.75) is 46.6 Å². The summed E-state index contributed by atoms with van der Waals surface area (Å²) < 4.78 is 0. The molecule has 1 saturated heterocycles. The number of hydrazine groups is 1. The molecule has 1 rings (SSSR count). The summed E-state index contributed by atoms with van der Waals surface area (Å²) in [4.78, 5) is 14.0. The second-order valence-corrected chi connectivity index (χ2v) is 5.81. The lowest BCUT2D eigenvalue weighted by atomic mass is 9.87. The van der Waals surface area contributed by atoms with Gasteiger partial charge >= 0.3 is 0 Å². The van der Waals surface area contributed by atoms with E-state index in [1.807, 2.05) is 13.8 Å². The largest absolute Gasteiger partial charge is 0.300 e.